The third-order valence-corrected chi connectivity index (χ3v) is 4.08. The standard InChI is InChI=1S/C15H14ClIO2/c1-18-12-7-8-13(14(9-12)19-2)15(16)10-3-5-11(17)6-4-10/h3-9,15H,1-2H3. The molecule has 100 valence electrons. The smallest absolute Gasteiger partial charge is 0.127 e. The molecule has 0 aromatic heterocycles. The van der Waals surface area contributed by atoms with Crippen LogP contribution in [0.25, 0.3) is 0 Å². The number of benzene rings is 2. The summed E-state index contributed by atoms with van der Waals surface area (Å²) >= 11 is 8.81. The molecule has 2 aromatic carbocycles. The van der Waals surface area contributed by atoms with E-state index in [0.29, 0.717) is 0 Å². The monoisotopic (exact) mass is 388 g/mol. The Labute approximate surface area is 131 Å². The van der Waals surface area contributed by atoms with Crippen molar-refractivity contribution in [3.8, 4) is 11.5 Å². The Morgan fingerprint density at radius 2 is 1.68 bits per heavy atom. The van der Waals surface area contributed by atoms with Crippen LogP contribution in [0, 0.1) is 3.57 Å². The van der Waals surface area contributed by atoms with Crippen molar-refractivity contribution in [1.29, 1.82) is 0 Å². The van der Waals surface area contributed by atoms with Crippen molar-refractivity contribution in [2.24, 2.45) is 0 Å². The predicted octanol–water partition coefficient (Wildman–Crippen LogP) is 4.64. The molecule has 0 amide bonds. The number of hydrogen-bond acceptors (Lipinski definition) is 2. The molecular formula is C15H14ClIO2. The molecule has 0 aliphatic rings. The van der Waals surface area contributed by atoms with Gasteiger partial charge in [0.15, 0.2) is 0 Å². The van der Waals surface area contributed by atoms with Crippen LogP contribution in [0.3, 0.4) is 0 Å². The molecular weight excluding hydrogens is 375 g/mol. The summed E-state index contributed by atoms with van der Waals surface area (Å²) in [4.78, 5) is 0. The van der Waals surface area contributed by atoms with Gasteiger partial charge in [-0.25, -0.2) is 0 Å². The average Bonchev–Trinajstić information content (AvgIpc) is 2.46. The molecule has 0 saturated heterocycles. The summed E-state index contributed by atoms with van der Waals surface area (Å²) in [6, 6.07) is 13.8. The van der Waals surface area contributed by atoms with Crippen molar-refractivity contribution in [3.63, 3.8) is 0 Å². The Kier molecular flexibility index (Phi) is 4.93. The lowest BCUT2D eigenvalue weighted by Crippen LogP contribution is -1.98. The Balaban J connectivity index is 2.37. The van der Waals surface area contributed by atoms with Crippen LogP contribution in [0.15, 0.2) is 42.5 Å². The summed E-state index contributed by atoms with van der Waals surface area (Å²) in [5, 5.41) is -0.238. The van der Waals surface area contributed by atoms with E-state index in [-0.39, 0.29) is 5.38 Å². The highest BCUT2D eigenvalue weighted by Gasteiger charge is 2.16. The Morgan fingerprint density at radius 1 is 1.00 bits per heavy atom. The first-order valence-electron chi connectivity index (χ1n) is 5.77. The van der Waals surface area contributed by atoms with Crippen LogP contribution in [0.4, 0.5) is 0 Å². The highest BCUT2D eigenvalue weighted by atomic mass is 127. The van der Waals surface area contributed by atoms with E-state index in [9.17, 15) is 0 Å². The van der Waals surface area contributed by atoms with Crippen molar-refractivity contribution in [1.82, 2.24) is 0 Å². The molecule has 0 radical (unpaired) electrons. The zero-order valence-corrected chi connectivity index (χ0v) is 13.6. The van der Waals surface area contributed by atoms with E-state index < -0.39 is 0 Å². The molecule has 0 aliphatic carbocycles. The zero-order valence-electron chi connectivity index (χ0n) is 10.7. The number of ether oxygens (including phenoxy) is 2. The van der Waals surface area contributed by atoms with E-state index in [1.54, 1.807) is 14.2 Å². The molecule has 0 bridgehead atoms. The summed E-state index contributed by atoms with van der Waals surface area (Å²) < 4.78 is 11.8. The molecule has 2 nitrogen and oxygen atoms in total. The second-order valence-corrected chi connectivity index (χ2v) is 5.70. The molecule has 2 aromatic rings. The fraction of sp³-hybridized carbons (Fsp3) is 0.200. The Bertz CT molecular complexity index is 555. The first kappa shape index (κ1) is 14.5. The first-order chi connectivity index (χ1) is 9.15. The highest BCUT2D eigenvalue weighted by Crippen LogP contribution is 2.37. The van der Waals surface area contributed by atoms with Crippen LogP contribution in [0.5, 0.6) is 11.5 Å². The van der Waals surface area contributed by atoms with E-state index >= 15 is 0 Å². The maximum atomic E-state index is 6.54. The quantitative estimate of drug-likeness (QED) is 0.561. The molecule has 0 saturated carbocycles. The Morgan fingerprint density at radius 3 is 2.26 bits per heavy atom. The predicted molar refractivity (Wildman–Crippen MR) is 86.4 cm³/mol. The lowest BCUT2D eigenvalue weighted by molar-refractivity contribution is 0.391. The van der Waals surface area contributed by atoms with E-state index in [4.69, 9.17) is 21.1 Å². The minimum atomic E-state index is -0.238. The molecule has 0 heterocycles. The van der Waals surface area contributed by atoms with Gasteiger partial charge < -0.3 is 9.47 Å². The zero-order chi connectivity index (χ0) is 13.8. The van der Waals surface area contributed by atoms with Gasteiger partial charge in [-0.05, 0) is 52.4 Å². The van der Waals surface area contributed by atoms with Gasteiger partial charge in [0.1, 0.15) is 11.5 Å². The van der Waals surface area contributed by atoms with Gasteiger partial charge in [0.2, 0.25) is 0 Å². The van der Waals surface area contributed by atoms with E-state index in [1.807, 2.05) is 42.5 Å². The normalized spacial score (nSPS) is 12.0. The molecule has 0 spiro atoms. The number of halogens is 2. The van der Waals surface area contributed by atoms with Gasteiger partial charge in [-0.3, -0.25) is 0 Å². The van der Waals surface area contributed by atoms with Gasteiger partial charge in [0.25, 0.3) is 0 Å². The van der Waals surface area contributed by atoms with Crippen LogP contribution in [-0.4, -0.2) is 14.2 Å². The topological polar surface area (TPSA) is 18.5 Å². The average molecular weight is 389 g/mol. The van der Waals surface area contributed by atoms with Gasteiger partial charge in [0.05, 0.1) is 19.6 Å². The number of rotatable bonds is 4. The van der Waals surface area contributed by atoms with E-state index in [2.05, 4.69) is 22.6 Å². The van der Waals surface area contributed by atoms with Gasteiger partial charge in [-0.1, -0.05) is 12.1 Å². The van der Waals surface area contributed by atoms with Crippen LogP contribution >= 0.6 is 34.2 Å². The molecule has 0 aliphatic heterocycles. The molecule has 4 heteroatoms. The number of hydrogen-bond donors (Lipinski definition) is 0. The second-order valence-electron chi connectivity index (χ2n) is 4.02. The summed E-state index contributed by atoms with van der Waals surface area (Å²) in [6.07, 6.45) is 0. The fourth-order valence-corrected chi connectivity index (χ4v) is 2.52. The van der Waals surface area contributed by atoms with E-state index in [1.165, 1.54) is 3.57 Å². The summed E-state index contributed by atoms with van der Waals surface area (Å²) in [5.41, 5.74) is 1.98. The van der Waals surface area contributed by atoms with Gasteiger partial charge in [-0.15, -0.1) is 11.6 Å². The van der Waals surface area contributed by atoms with Crippen molar-refractivity contribution >= 4 is 34.2 Å². The van der Waals surface area contributed by atoms with E-state index in [0.717, 1.165) is 22.6 Å². The lowest BCUT2D eigenvalue weighted by Gasteiger charge is -2.15. The SMILES string of the molecule is COc1ccc(C(Cl)c2ccc(I)cc2)c(OC)c1. The summed E-state index contributed by atoms with van der Waals surface area (Å²) in [6.45, 7) is 0. The van der Waals surface area contributed by atoms with Crippen LogP contribution in [0.1, 0.15) is 16.5 Å². The Hall–Kier alpha value is -0.940. The molecule has 19 heavy (non-hydrogen) atoms. The third kappa shape index (κ3) is 3.34. The second kappa shape index (κ2) is 6.48. The fourth-order valence-electron chi connectivity index (χ4n) is 1.84. The van der Waals surface area contributed by atoms with Crippen molar-refractivity contribution in [3.05, 3.63) is 57.2 Å². The first-order valence-corrected chi connectivity index (χ1v) is 7.28. The van der Waals surface area contributed by atoms with Crippen LogP contribution in [-0.2, 0) is 0 Å². The van der Waals surface area contributed by atoms with Gasteiger partial charge in [0, 0.05) is 15.2 Å². The maximum absolute atomic E-state index is 6.54. The minimum absolute atomic E-state index is 0.238. The van der Waals surface area contributed by atoms with Gasteiger partial charge >= 0.3 is 0 Å². The molecule has 2 rings (SSSR count). The van der Waals surface area contributed by atoms with Crippen LogP contribution in [0.2, 0.25) is 0 Å². The minimum Gasteiger partial charge on any atom is -0.497 e. The van der Waals surface area contributed by atoms with Crippen LogP contribution < -0.4 is 9.47 Å². The molecule has 0 fully saturated rings. The largest absolute Gasteiger partial charge is 0.497 e. The van der Waals surface area contributed by atoms with Crippen molar-refractivity contribution in [2.75, 3.05) is 14.2 Å². The maximum Gasteiger partial charge on any atom is 0.127 e. The van der Waals surface area contributed by atoms with Crippen molar-refractivity contribution in [2.45, 2.75) is 5.38 Å². The molecule has 0 N–H and O–H groups in total. The molecule has 1 unspecified atom stereocenters. The molecule has 1 atom stereocenters. The number of alkyl halides is 1. The van der Waals surface area contributed by atoms with Gasteiger partial charge in [-0.2, -0.15) is 0 Å². The highest BCUT2D eigenvalue weighted by molar-refractivity contribution is 14.1. The summed E-state index contributed by atoms with van der Waals surface area (Å²) in [5.74, 6) is 1.49. The third-order valence-electron chi connectivity index (χ3n) is 2.88. The lowest BCUT2D eigenvalue weighted by atomic mass is 10.0. The summed E-state index contributed by atoms with van der Waals surface area (Å²) in [7, 11) is 3.27. The number of methoxy groups -OCH3 is 2. The van der Waals surface area contributed by atoms with Crippen molar-refractivity contribution < 1.29 is 9.47 Å².